The van der Waals surface area contributed by atoms with Gasteiger partial charge in [-0.3, -0.25) is 9.89 Å². The Morgan fingerprint density at radius 2 is 1.90 bits per heavy atom. The van der Waals surface area contributed by atoms with E-state index in [1.807, 2.05) is 13.8 Å². The zero-order valence-electron chi connectivity index (χ0n) is 18.7. The molecule has 0 aliphatic carbocycles. The summed E-state index contributed by atoms with van der Waals surface area (Å²) in [6.45, 7) is 11.6. The normalized spacial score (nSPS) is 19.1. The molecule has 2 unspecified atom stereocenters. The maximum Gasteiger partial charge on any atom is 0.191 e. The second-order valence-corrected chi connectivity index (χ2v) is 8.35. The lowest BCUT2D eigenvalue weighted by molar-refractivity contribution is -0.0180. The van der Waals surface area contributed by atoms with Gasteiger partial charge in [-0.2, -0.15) is 0 Å². The van der Waals surface area contributed by atoms with Crippen molar-refractivity contribution in [3.63, 3.8) is 0 Å². The van der Waals surface area contributed by atoms with Gasteiger partial charge in [-0.15, -0.1) is 0 Å². The maximum atomic E-state index is 10.8. The quantitative estimate of drug-likeness (QED) is 0.424. The maximum absolute atomic E-state index is 10.8. The molecule has 1 aromatic carbocycles. The van der Waals surface area contributed by atoms with Gasteiger partial charge in [0.15, 0.2) is 5.96 Å². The molecule has 0 amide bonds. The number of β-amino-alcohol motifs (C(OH)–C–C–N with tert-alkyl or cyclic N) is 1. The van der Waals surface area contributed by atoms with E-state index in [1.54, 1.807) is 0 Å². The number of benzene rings is 1. The van der Waals surface area contributed by atoms with Crippen molar-refractivity contribution in [2.75, 3.05) is 66.6 Å². The number of aryl methyl sites for hydroxylation is 1. The van der Waals surface area contributed by atoms with Crippen LogP contribution >= 0.6 is 0 Å². The lowest BCUT2D eigenvalue weighted by Gasteiger charge is -2.33. The number of morpholine rings is 1. The van der Waals surface area contributed by atoms with E-state index >= 15 is 0 Å². The Bertz CT molecular complexity index is 625. The molecule has 0 radical (unpaired) electrons. The van der Waals surface area contributed by atoms with E-state index in [9.17, 15) is 5.11 Å². The fourth-order valence-corrected chi connectivity index (χ4v) is 3.46. The fourth-order valence-electron chi connectivity index (χ4n) is 3.46. The van der Waals surface area contributed by atoms with Crippen molar-refractivity contribution in [2.24, 2.45) is 4.99 Å². The molecule has 164 valence electrons. The fraction of sp³-hybridized carbons (Fsp3) is 0.682. The molecule has 1 saturated heterocycles. The van der Waals surface area contributed by atoms with Crippen LogP contribution in [0, 0.1) is 6.92 Å². The lowest BCUT2D eigenvalue weighted by Crippen LogP contribution is -2.48. The van der Waals surface area contributed by atoms with Gasteiger partial charge >= 0.3 is 0 Å². The summed E-state index contributed by atoms with van der Waals surface area (Å²) in [4.78, 5) is 9.10. The van der Waals surface area contributed by atoms with Crippen molar-refractivity contribution in [1.29, 1.82) is 0 Å². The second-order valence-electron chi connectivity index (χ2n) is 8.35. The van der Waals surface area contributed by atoms with Crippen LogP contribution in [0.5, 0.6) is 0 Å². The van der Waals surface area contributed by atoms with Crippen molar-refractivity contribution in [3.05, 3.63) is 35.4 Å². The summed E-state index contributed by atoms with van der Waals surface area (Å²) < 4.78 is 5.39. The molecule has 0 bridgehead atoms. The van der Waals surface area contributed by atoms with Gasteiger partial charge in [-0.05, 0) is 40.4 Å². The first kappa shape index (κ1) is 23.6. The van der Waals surface area contributed by atoms with Gasteiger partial charge in [0.25, 0.3) is 0 Å². The first-order chi connectivity index (χ1) is 13.8. The number of aliphatic imine (C=N–C) groups is 1. The van der Waals surface area contributed by atoms with Crippen LogP contribution in [0.3, 0.4) is 0 Å². The van der Waals surface area contributed by atoms with Crippen LogP contribution in [0.2, 0.25) is 0 Å². The SMILES string of the molecule is CCNC(=NCC(C)(O)CN1CCOCC1)NCC(c1ccc(C)cc1)N(C)C. The average Bonchev–Trinajstić information content (AvgIpc) is 2.68. The Hall–Kier alpha value is -1.67. The Balaban J connectivity index is 1.96. The van der Waals surface area contributed by atoms with Gasteiger partial charge < -0.3 is 25.4 Å². The molecule has 7 nitrogen and oxygen atoms in total. The number of hydrogen-bond acceptors (Lipinski definition) is 5. The number of nitrogens with zero attached hydrogens (tertiary/aromatic N) is 3. The van der Waals surface area contributed by atoms with E-state index < -0.39 is 5.60 Å². The van der Waals surface area contributed by atoms with Crippen LogP contribution in [0.15, 0.2) is 29.3 Å². The van der Waals surface area contributed by atoms with Gasteiger partial charge in [-0.25, -0.2) is 0 Å². The highest BCUT2D eigenvalue weighted by Crippen LogP contribution is 2.18. The van der Waals surface area contributed by atoms with Gasteiger partial charge in [0.1, 0.15) is 0 Å². The monoisotopic (exact) mass is 405 g/mol. The van der Waals surface area contributed by atoms with Crippen molar-refractivity contribution in [2.45, 2.75) is 32.4 Å². The highest BCUT2D eigenvalue weighted by atomic mass is 16.5. The molecule has 1 aliphatic heterocycles. The zero-order chi connectivity index (χ0) is 21.3. The molecule has 1 fully saturated rings. The number of aliphatic hydroxyl groups is 1. The van der Waals surface area contributed by atoms with Crippen LogP contribution in [-0.4, -0.2) is 93.0 Å². The van der Waals surface area contributed by atoms with Crippen LogP contribution in [0.1, 0.15) is 31.0 Å². The summed E-state index contributed by atoms with van der Waals surface area (Å²) in [5, 5.41) is 17.5. The first-order valence-corrected chi connectivity index (χ1v) is 10.6. The summed E-state index contributed by atoms with van der Waals surface area (Å²) in [6, 6.07) is 8.88. The Labute approximate surface area is 176 Å². The number of hydrogen-bond donors (Lipinski definition) is 3. The molecule has 0 spiro atoms. The van der Waals surface area contributed by atoms with Crippen LogP contribution in [-0.2, 0) is 4.74 Å². The molecule has 3 N–H and O–H groups in total. The average molecular weight is 406 g/mol. The van der Waals surface area contributed by atoms with Gasteiger partial charge in [-0.1, -0.05) is 29.8 Å². The zero-order valence-corrected chi connectivity index (χ0v) is 18.7. The summed E-state index contributed by atoms with van der Waals surface area (Å²) in [5.74, 6) is 0.730. The largest absolute Gasteiger partial charge is 0.387 e. The molecule has 29 heavy (non-hydrogen) atoms. The topological polar surface area (TPSA) is 72.4 Å². The van der Waals surface area contributed by atoms with E-state index in [0.717, 1.165) is 45.4 Å². The van der Waals surface area contributed by atoms with Crippen molar-refractivity contribution in [1.82, 2.24) is 20.4 Å². The number of ether oxygens (including phenoxy) is 1. The van der Waals surface area contributed by atoms with E-state index in [4.69, 9.17) is 4.74 Å². The van der Waals surface area contributed by atoms with E-state index in [2.05, 4.69) is 70.7 Å². The molecular weight excluding hydrogens is 366 g/mol. The van der Waals surface area contributed by atoms with Gasteiger partial charge in [0.2, 0.25) is 0 Å². The third-order valence-corrected chi connectivity index (χ3v) is 5.14. The van der Waals surface area contributed by atoms with Gasteiger partial charge in [0, 0.05) is 32.7 Å². The van der Waals surface area contributed by atoms with Crippen molar-refractivity contribution in [3.8, 4) is 0 Å². The highest BCUT2D eigenvalue weighted by molar-refractivity contribution is 5.79. The first-order valence-electron chi connectivity index (χ1n) is 10.6. The molecule has 1 aliphatic rings. The second kappa shape index (κ2) is 11.5. The van der Waals surface area contributed by atoms with Crippen molar-refractivity contribution >= 4 is 5.96 Å². The highest BCUT2D eigenvalue weighted by Gasteiger charge is 2.25. The van der Waals surface area contributed by atoms with Crippen LogP contribution < -0.4 is 10.6 Å². The number of rotatable bonds is 9. The molecule has 0 aromatic heterocycles. The van der Waals surface area contributed by atoms with Crippen LogP contribution in [0.25, 0.3) is 0 Å². The minimum atomic E-state index is -0.877. The van der Waals surface area contributed by atoms with Gasteiger partial charge in [0.05, 0.1) is 31.4 Å². The minimum absolute atomic E-state index is 0.230. The summed E-state index contributed by atoms with van der Waals surface area (Å²) in [6.07, 6.45) is 0. The number of guanidine groups is 1. The third kappa shape index (κ3) is 8.30. The number of likely N-dealkylation sites (N-methyl/N-ethyl adjacent to an activating group) is 1. The Kier molecular flexibility index (Phi) is 9.36. The molecule has 2 rings (SSSR count). The van der Waals surface area contributed by atoms with Crippen LogP contribution in [0.4, 0.5) is 0 Å². The molecule has 0 saturated carbocycles. The predicted octanol–water partition coefficient (Wildman–Crippen LogP) is 1.24. The lowest BCUT2D eigenvalue weighted by atomic mass is 10.0. The third-order valence-electron chi connectivity index (χ3n) is 5.14. The van der Waals surface area contributed by atoms with E-state index in [1.165, 1.54) is 11.1 Å². The predicted molar refractivity (Wildman–Crippen MR) is 119 cm³/mol. The van der Waals surface area contributed by atoms with E-state index in [0.29, 0.717) is 13.1 Å². The Morgan fingerprint density at radius 1 is 1.24 bits per heavy atom. The molecule has 1 heterocycles. The summed E-state index contributed by atoms with van der Waals surface area (Å²) >= 11 is 0. The summed E-state index contributed by atoms with van der Waals surface area (Å²) in [7, 11) is 4.17. The molecule has 1 aromatic rings. The molecule has 7 heteroatoms. The summed E-state index contributed by atoms with van der Waals surface area (Å²) in [5.41, 5.74) is 1.65. The van der Waals surface area contributed by atoms with E-state index in [-0.39, 0.29) is 6.04 Å². The van der Waals surface area contributed by atoms with Crippen molar-refractivity contribution < 1.29 is 9.84 Å². The number of nitrogens with one attached hydrogen (secondary N) is 2. The minimum Gasteiger partial charge on any atom is -0.387 e. The standard InChI is InChI=1S/C22H39N5O2/c1-6-23-21(25-16-22(3,28)17-27-11-13-29-14-12-27)24-15-20(26(4)5)19-9-7-18(2)8-10-19/h7-10,20,28H,6,11-17H2,1-5H3,(H2,23,24,25). The Morgan fingerprint density at radius 3 is 2.48 bits per heavy atom. The molecular formula is C22H39N5O2. The molecule has 2 atom stereocenters. The smallest absolute Gasteiger partial charge is 0.191 e.